The van der Waals surface area contributed by atoms with Crippen LogP contribution < -0.4 is 14.8 Å². The Kier molecular flexibility index (Phi) is 6.39. The number of carbonyl (C=O) groups excluding carboxylic acids is 2. The first-order valence-corrected chi connectivity index (χ1v) is 9.57. The Morgan fingerprint density at radius 1 is 1.24 bits per heavy atom. The summed E-state index contributed by atoms with van der Waals surface area (Å²) in [7, 11) is 1.53. The fourth-order valence-corrected chi connectivity index (χ4v) is 3.57. The third-order valence-corrected chi connectivity index (χ3v) is 4.79. The minimum atomic E-state index is -0.487. The van der Waals surface area contributed by atoms with Gasteiger partial charge in [0.1, 0.15) is 24.2 Å². The molecule has 0 aliphatic carbocycles. The number of carbonyl (C=O) groups is 2. The molecule has 0 spiro atoms. The number of benzene rings is 2. The van der Waals surface area contributed by atoms with E-state index in [0.717, 1.165) is 11.1 Å². The number of fused-ring (bicyclic) bond motifs is 1. The highest BCUT2D eigenvalue weighted by Crippen LogP contribution is 2.45. The fraction of sp³-hybridized carbons (Fsp3) is 0.364. The van der Waals surface area contributed by atoms with Gasteiger partial charge in [0, 0.05) is 18.5 Å². The monoisotopic (exact) mass is 399 g/mol. The number of hydrogen-bond acceptors (Lipinski definition) is 6. The molecule has 2 aromatic rings. The van der Waals surface area contributed by atoms with Gasteiger partial charge in [-0.1, -0.05) is 12.1 Å². The Bertz CT molecular complexity index is 910. The van der Waals surface area contributed by atoms with Gasteiger partial charge in [0.2, 0.25) is 0 Å². The predicted octanol–water partition coefficient (Wildman–Crippen LogP) is 2.51. The van der Waals surface area contributed by atoms with Crippen molar-refractivity contribution in [1.82, 2.24) is 5.32 Å². The molecule has 1 unspecified atom stereocenters. The maximum Gasteiger partial charge on any atom is 0.338 e. The summed E-state index contributed by atoms with van der Waals surface area (Å²) in [4.78, 5) is 24.8. The number of esters is 1. The highest BCUT2D eigenvalue weighted by molar-refractivity contribution is 6.01. The van der Waals surface area contributed by atoms with Crippen molar-refractivity contribution in [1.29, 1.82) is 0 Å². The average Bonchev–Trinajstić information content (AvgIpc) is 3.07. The van der Waals surface area contributed by atoms with Crippen molar-refractivity contribution >= 4 is 11.9 Å². The van der Waals surface area contributed by atoms with E-state index in [2.05, 4.69) is 5.32 Å². The zero-order valence-electron chi connectivity index (χ0n) is 16.7. The zero-order chi connectivity index (χ0) is 21.0. The molecule has 7 nitrogen and oxygen atoms in total. The highest BCUT2D eigenvalue weighted by Gasteiger charge is 2.37. The average molecular weight is 399 g/mol. The molecule has 2 atom stereocenters. The summed E-state index contributed by atoms with van der Waals surface area (Å²) in [6.07, 6.45) is -0.251. The van der Waals surface area contributed by atoms with Crippen LogP contribution in [-0.2, 0) is 4.74 Å². The standard InChI is InChI=1S/C22H25NO6/c1-4-27-22(26)15-11-17-19(14-6-5-7-16(10-14)28-9-8-24)13(2)29-20(17)18(12-15)21(25)23-3/h5-7,10-13,19,24H,4,8-9H2,1-3H3,(H,23,25)/t13?,19-/m0/s1. The second-order valence-corrected chi connectivity index (χ2v) is 6.69. The first-order valence-electron chi connectivity index (χ1n) is 9.57. The van der Waals surface area contributed by atoms with E-state index in [1.54, 1.807) is 13.0 Å². The molecule has 7 heteroatoms. The Labute approximate surface area is 169 Å². The molecule has 0 radical (unpaired) electrons. The first kappa shape index (κ1) is 20.7. The lowest BCUT2D eigenvalue weighted by Gasteiger charge is -2.17. The molecule has 1 aliphatic rings. The van der Waals surface area contributed by atoms with Gasteiger partial charge in [-0.3, -0.25) is 4.79 Å². The minimum absolute atomic E-state index is 0.0750. The number of nitrogens with one attached hydrogen (secondary N) is 1. The largest absolute Gasteiger partial charge is 0.491 e. The van der Waals surface area contributed by atoms with Crippen LogP contribution in [0.5, 0.6) is 11.5 Å². The number of ether oxygens (including phenoxy) is 3. The third kappa shape index (κ3) is 4.19. The molecule has 0 saturated heterocycles. The van der Waals surface area contributed by atoms with E-state index in [4.69, 9.17) is 19.3 Å². The quantitative estimate of drug-likeness (QED) is 0.695. The van der Waals surface area contributed by atoms with Crippen molar-refractivity contribution in [2.45, 2.75) is 25.9 Å². The first-order chi connectivity index (χ1) is 14.0. The predicted molar refractivity (Wildman–Crippen MR) is 107 cm³/mol. The van der Waals surface area contributed by atoms with Crippen LogP contribution in [0, 0.1) is 0 Å². The maximum absolute atomic E-state index is 12.4. The van der Waals surface area contributed by atoms with E-state index in [-0.39, 0.29) is 37.7 Å². The van der Waals surface area contributed by atoms with Crippen molar-refractivity contribution in [2.75, 3.05) is 26.9 Å². The highest BCUT2D eigenvalue weighted by atomic mass is 16.5. The lowest BCUT2D eigenvalue weighted by atomic mass is 9.87. The van der Waals surface area contributed by atoms with Crippen LogP contribution in [0.1, 0.15) is 51.6 Å². The summed E-state index contributed by atoms with van der Waals surface area (Å²) in [6.45, 7) is 4.02. The topological polar surface area (TPSA) is 94.1 Å². The molecule has 0 bridgehead atoms. The second-order valence-electron chi connectivity index (χ2n) is 6.69. The van der Waals surface area contributed by atoms with Crippen molar-refractivity contribution in [3.63, 3.8) is 0 Å². The molecule has 1 heterocycles. The lowest BCUT2D eigenvalue weighted by Crippen LogP contribution is -2.20. The summed E-state index contributed by atoms with van der Waals surface area (Å²) >= 11 is 0. The second kappa shape index (κ2) is 8.96. The van der Waals surface area contributed by atoms with Crippen LogP contribution in [0.25, 0.3) is 0 Å². The van der Waals surface area contributed by atoms with Gasteiger partial charge in [-0.15, -0.1) is 0 Å². The van der Waals surface area contributed by atoms with Crippen molar-refractivity contribution in [3.8, 4) is 11.5 Å². The molecule has 154 valence electrons. The van der Waals surface area contributed by atoms with Gasteiger partial charge >= 0.3 is 5.97 Å². The van der Waals surface area contributed by atoms with Crippen LogP contribution >= 0.6 is 0 Å². The maximum atomic E-state index is 12.4. The summed E-state index contributed by atoms with van der Waals surface area (Å²) in [5.41, 5.74) is 2.28. The molecular formula is C22H25NO6. The third-order valence-electron chi connectivity index (χ3n) is 4.79. The van der Waals surface area contributed by atoms with E-state index in [1.807, 2.05) is 31.2 Å². The van der Waals surface area contributed by atoms with Crippen molar-refractivity contribution in [2.24, 2.45) is 0 Å². The van der Waals surface area contributed by atoms with Gasteiger partial charge in [0.15, 0.2) is 0 Å². The van der Waals surface area contributed by atoms with E-state index in [9.17, 15) is 9.59 Å². The molecule has 29 heavy (non-hydrogen) atoms. The van der Waals surface area contributed by atoms with Gasteiger partial charge in [-0.05, 0) is 43.7 Å². The lowest BCUT2D eigenvalue weighted by molar-refractivity contribution is 0.0526. The molecule has 3 rings (SSSR count). The van der Waals surface area contributed by atoms with E-state index >= 15 is 0 Å². The molecular weight excluding hydrogens is 374 g/mol. The smallest absolute Gasteiger partial charge is 0.338 e. The summed E-state index contributed by atoms with van der Waals surface area (Å²) < 4.78 is 16.7. The van der Waals surface area contributed by atoms with Gasteiger partial charge in [0.25, 0.3) is 5.91 Å². The van der Waals surface area contributed by atoms with Crippen LogP contribution in [0.3, 0.4) is 0 Å². The Morgan fingerprint density at radius 2 is 2.03 bits per heavy atom. The number of hydrogen-bond donors (Lipinski definition) is 2. The van der Waals surface area contributed by atoms with Gasteiger partial charge in [-0.2, -0.15) is 0 Å². The number of aliphatic hydroxyl groups is 1. The van der Waals surface area contributed by atoms with Crippen LogP contribution in [0.2, 0.25) is 0 Å². The van der Waals surface area contributed by atoms with Crippen LogP contribution in [0.4, 0.5) is 0 Å². The minimum Gasteiger partial charge on any atom is -0.491 e. The molecule has 1 amide bonds. The van der Waals surface area contributed by atoms with Gasteiger partial charge in [0.05, 0.1) is 24.3 Å². The normalized spacial score (nSPS) is 17.2. The Morgan fingerprint density at radius 3 is 2.72 bits per heavy atom. The van der Waals surface area contributed by atoms with Crippen molar-refractivity contribution in [3.05, 3.63) is 58.7 Å². The zero-order valence-corrected chi connectivity index (χ0v) is 16.7. The van der Waals surface area contributed by atoms with E-state index < -0.39 is 5.97 Å². The molecule has 1 aliphatic heterocycles. The van der Waals surface area contributed by atoms with Crippen molar-refractivity contribution < 1.29 is 28.9 Å². The summed E-state index contributed by atoms with van der Waals surface area (Å²) in [6, 6.07) is 10.7. The van der Waals surface area contributed by atoms with E-state index in [1.165, 1.54) is 13.1 Å². The number of rotatable bonds is 7. The molecule has 0 saturated carbocycles. The van der Waals surface area contributed by atoms with Crippen LogP contribution in [0.15, 0.2) is 36.4 Å². The fourth-order valence-electron chi connectivity index (χ4n) is 3.57. The van der Waals surface area contributed by atoms with Gasteiger partial charge in [-0.25, -0.2) is 4.79 Å². The Hall–Kier alpha value is -3.06. The molecule has 0 aromatic heterocycles. The van der Waals surface area contributed by atoms with Gasteiger partial charge < -0.3 is 24.6 Å². The SMILES string of the molecule is CCOC(=O)c1cc(C(=O)NC)c2c(c1)[C@H](c1cccc(OCCO)c1)C(C)O2. The molecule has 2 N–H and O–H groups in total. The summed E-state index contributed by atoms with van der Waals surface area (Å²) in [5.74, 6) is 0.0846. The summed E-state index contributed by atoms with van der Waals surface area (Å²) in [5, 5.41) is 11.6. The Balaban J connectivity index is 2.09. The molecule has 0 fully saturated rings. The van der Waals surface area contributed by atoms with Crippen LogP contribution in [-0.4, -0.2) is 50.0 Å². The number of amides is 1. The van der Waals surface area contributed by atoms with E-state index in [0.29, 0.717) is 22.6 Å². The molecule has 2 aromatic carbocycles. The number of aliphatic hydroxyl groups excluding tert-OH is 1.